The van der Waals surface area contributed by atoms with Crippen LogP contribution in [0, 0.1) is 0 Å². The molecule has 0 aliphatic heterocycles. The number of rotatable bonds is 5. The second-order valence-electron chi connectivity index (χ2n) is 4.50. The van der Waals surface area contributed by atoms with Crippen LogP contribution in [0.4, 0.5) is 0 Å². The molecule has 0 atom stereocenters. The van der Waals surface area contributed by atoms with Gasteiger partial charge < -0.3 is 4.74 Å². The third kappa shape index (κ3) is 4.14. The normalized spacial score (nSPS) is 10.5. The summed E-state index contributed by atoms with van der Waals surface area (Å²) in [5.41, 5.74) is 2.57. The molecule has 2 rings (SSSR count). The predicted molar refractivity (Wildman–Crippen MR) is 82.3 cm³/mol. The van der Waals surface area contributed by atoms with E-state index >= 15 is 0 Å². The lowest BCUT2D eigenvalue weighted by molar-refractivity contribution is -0.104. The first-order valence-electron chi connectivity index (χ1n) is 6.76. The Hall–Kier alpha value is -2.68. The maximum Gasteiger partial charge on any atom is 0.343 e. The molecule has 0 N–H and O–H groups in total. The van der Waals surface area contributed by atoms with Gasteiger partial charge in [0.25, 0.3) is 0 Å². The van der Waals surface area contributed by atoms with Gasteiger partial charge in [-0.05, 0) is 47.9 Å². The third-order valence-electron chi connectivity index (χ3n) is 3.06. The Morgan fingerprint density at radius 1 is 1.05 bits per heavy atom. The maximum atomic E-state index is 12.0. The molecular formula is C18H16O3. The van der Waals surface area contributed by atoms with Crippen molar-refractivity contribution in [2.75, 3.05) is 0 Å². The Balaban J connectivity index is 2.04. The Morgan fingerprint density at radius 2 is 1.71 bits per heavy atom. The minimum Gasteiger partial charge on any atom is -0.423 e. The highest BCUT2D eigenvalue weighted by molar-refractivity contribution is 5.91. The van der Waals surface area contributed by atoms with E-state index in [4.69, 9.17) is 4.74 Å². The molecule has 21 heavy (non-hydrogen) atoms. The van der Waals surface area contributed by atoms with Gasteiger partial charge in [0, 0.05) is 0 Å². The number of carbonyl (C=O) groups is 2. The van der Waals surface area contributed by atoms with Crippen molar-refractivity contribution < 1.29 is 14.3 Å². The molecule has 106 valence electrons. The minimum absolute atomic E-state index is 0.381. The Morgan fingerprint density at radius 3 is 2.29 bits per heavy atom. The van der Waals surface area contributed by atoms with Crippen LogP contribution in [0.25, 0.3) is 6.08 Å². The van der Waals surface area contributed by atoms with Gasteiger partial charge in [0.15, 0.2) is 0 Å². The average Bonchev–Trinajstić information content (AvgIpc) is 2.54. The van der Waals surface area contributed by atoms with Crippen LogP contribution < -0.4 is 4.74 Å². The summed E-state index contributed by atoms with van der Waals surface area (Å²) in [5, 5.41) is 0. The van der Waals surface area contributed by atoms with Crippen LogP contribution >= 0.6 is 0 Å². The predicted octanol–water partition coefficient (Wildman–Crippen LogP) is 3.68. The molecule has 0 aromatic heterocycles. The molecule has 0 aliphatic rings. The third-order valence-corrected chi connectivity index (χ3v) is 3.06. The highest BCUT2D eigenvalue weighted by Crippen LogP contribution is 2.15. The van der Waals surface area contributed by atoms with E-state index in [2.05, 4.69) is 6.92 Å². The van der Waals surface area contributed by atoms with Crippen LogP contribution in [-0.2, 0) is 11.2 Å². The smallest absolute Gasteiger partial charge is 0.343 e. The zero-order chi connectivity index (χ0) is 15.1. The number of hydrogen-bond acceptors (Lipinski definition) is 3. The summed E-state index contributed by atoms with van der Waals surface area (Å²) >= 11 is 0. The van der Waals surface area contributed by atoms with Crippen molar-refractivity contribution >= 4 is 18.3 Å². The first-order valence-corrected chi connectivity index (χ1v) is 6.76. The number of hydrogen-bond donors (Lipinski definition) is 0. The zero-order valence-electron chi connectivity index (χ0n) is 11.8. The van der Waals surface area contributed by atoms with Crippen molar-refractivity contribution in [2.24, 2.45) is 0 Å². The van der Waals surface area contributed by atoms with E-state index in [0.717, 1.165) is 12.0 Å². The molecule has 0 saturated carbocycles. The summed E-state index contributed by atoms with van der Waals surface area (Å²) in [5.74, 6) is 0.0941. The molecule has 3 nitrogen and oxygen atoms in total. The molecule has 0 bridgehead atoms. The number of aryl methyl sites for hydroxylation is 1. The quantitative estimate of drug-likeness (QED) is 0.363. The first-order chi connectivity index (χ1) is 10.2. The summed E-state index contributed by atoms with van der Waals surface area (Å²) < 4.78 is 5.30. The number of carbonyl (C=O) groups excluding carboxylic acids is 2. The van der Waals surface area contributed by atoms with Gasteiger partial charge in [-0.25, -0.2) is 4.79 Å². The summed E-state index contributed by atoms with van der Waals surface area (Å²) in [7, 11) is 0. The molecule has 0 unspecified atom stereocenters. The second-order valence-corrected chi connectivity index (χ2v) is 4.50. The van der Waals surface area contributed by atoms with Crippen LogP contribution in [0.15, 0.2) is 54.6 Å². The molecule has 0 amide bonds. The molecule has 2 aromatic carbocycles. The topological polar surface area (TPSA) is 43.4 Å². The Bertz CT molecular complexity index is 637. The highest BCUT2D eigenvalue weighted by Gasteiger charge is 2.08. The van der Waals surface area contributed by atoms with Crippen LogP contribution in [0.1, 0.15) is 28.4 Å². The SMILES string of the molecule is CCc1ccc(C(=O)Oc2ccc(/C=C/C=O)cc2)cc1. The largest absolute Gasteiger partial charge is 0.423 e. The van der Waals surface area contributed by atoms with E-state index in [9.17, 15) is 9.59 Å². The van der Waals surface area contributed by atoms with Gasteiger partial charge in [-0.1, -0.05) is 37.3 Å². The first kappa shape index (κ1) is 14.7. The Kier molecular flexibility index (Phi) is 5.04. The second kappa shape index (κ2) is 7.20. The fraction of sp³-hybridized carbons (Fsp3) is 0.111. The summed E-state index contributed by atoms with van der Waals surface area (Å²) in [4.78, 5) is 22.2. The lowest BCUT2D eigenvalue weighted by atomic mass is 10.1. The standard InChI is InChI=1S/C18H16O3/c1-2-14-5-9-16(10-6-14)18(20)21-17-11-7-15(8-12-17)4-3-13-19/h3-13H,2H2,1H3/b4-3+. The number of benzene rings is 2. The van der Waals surface area contributed by atoms with Gasteiger partial charge in [0.1, 0.15) is 12.0 Å². The van der Waals surface area contributed by atoms with Gasteiger partial charge in [-0.15, -0.1) is 0 Å². The molecule has 0 fully saturated rings. The summed E-state index contributed by atoms with van der Waals surface area (Å²) in [6.07, 6.45) is 4.75. The fourth-order valence-electron chi connectivity index (χ4n) is 1.84. The molecule has 2 aromatic rings. The fourth-order valence-corrected chi connectivity index (χ4v) is 1.84. The van der Waals surface area contributed by atoms with Gasteiger partial charge in [-0.3, -0.25) is 4.79 Å². The minimum atomic E-state index is -0.381. The van der Waals surface area contributed by atoms with Crippen molar-refractivity contribution in [2.45, 2.75) is 13.3 Å². The van der Waals surface area contributed by atoms with Gasteiger partial charge in [0.2, 0.25) is 0 Å². The van der Waals surface area contributed by atoms with Gasteiger partial charge in [-0.2, -0.15) is 0 Å². The van der Waals surface area contributed by atoms with Crippen molar-refractivity contribution in [1.29, 1.82) is 0 Å². The van der Waals surface area contributed by atoms with E-state index in [0.29, 0.717) is 17.6 Å². The van der Waals surface area contributed by atoms with E-state index < -0.39 is 0 Å². The lowest BCUT2D eigenvalue weighted by Gasteiger charge is -2.05. The van der Waals surface area contributed by atoms with Crippen molar-refractivity contribution in [3.63, 3.8) is 0 Å². The van der Waals surface area contributed by atoms with Gasteiger partial charge in [0.05, 0.1) is 5.56 Å². The monoisotopic (exact) mass is 280 g/mol. The van der Waals surface area contributed by atoms with E-state index in [1.165, 1.54) is 11.6 Å². The molecular weight excluding hydrogens is 264 g/mol. The summed E-state index contributed by atoms with van der Waals surface area (Å²) in [6.45, 7) is 2.06. The van der Waals surface area contributed by atoms with E-state index in [1.54, 1.807) is 42.5 Å². The van der Waals surface area contributed by atoms with Crippen LogP contribution in [-0.4, -0.2) is 12.3 Å². The lowest BCUT2D eigenvalue weighted by Crippen LogP contribution is -2.08. The van der Waals surface area contributed by atoms with Crippen LogP contribution in [0.2, 0.25) is 0 Å². The van der Waals surface area contributed by atoms with Crippen molar-refractivity contribution in [3.8, 4) is 5.75 Å². The van der Waals surface area contributed by atoms with Gasteiger partial charge >= 0.3 is 5.97 Å². The molecule has 0 aliphatic carbocycles. The molecule has 0 spiro atoms. The zero-order valence-corrected chi connectivity index (χ0v) is 11.8. The highest BCUT2D eigenvalue weighted by atomic mass is 16.5. The van der Waals surface area contributed by atoms with E-state index in [1.807, 2.05) is 12.1 Å². The molecule has 3 heteroatoms. The molecule has 0 radical (unpaired) electrons. The van der Waals surface area contributed by atoms with E-state index in [-0.39, 0.29) is 5.97 Å². The average molecular weight is 280 g/mol. The number of ether oxygens (including phenoxy) is 1. The number of esters is 1. The van der Waals surface area contributed by atoms with Crippen molar-refractivity contribution in [3.05, 3.63) is 71.3 Å². The summed E-state index contributed by atoms with van der Waals surface area (Å²) in [6, 6.07) is 14.3. The maximum absolute atomic E-state index is 12.0. The molecule has 0 saturated heterocycles. The number of allylic oxidation sites excluding steroid dienone is 1. The number of aldehydes is 1. The van der Waals surface area contributed by atoms with Crippen molar-refractivity contribution in [1.82, 2.24) is 0 Å². The van der Waals surface area contributed by atoms with Crippen LogP contribution in [0.3, 0.4) is 0 Å². The Labute approximate surface area is 123 Å². The van der Waals surface area contributed by atoms with Crippen LogP contribution in [0.5, 0.6) is 5.75 Å². The molecule has 0 heterocycles.